The van der Waals surface area contributed by atoms with Crippen molar-refractivity contribution in [1.82, 2.24) is 19.7 Å². The van der Waals surface area contributed by atoms with Crippen LogP contribution in [-0.4, -0.2) is 38.2 Å². The van der Waals surface area contributed by atoms with Crippen LogP contribution in [0.1, 0.15) is 27.2 Å². The van der Waals surface area contributed by atoms with Gasteiger partial charge in [-0.1, -0.05) is 6.92 Å². The standard InChI is InChI=1S/C10H19N5O/c1-4-5-15(8(2)3)9(16)6-14-7-12-10(11)13-14/h7-8H,4-6H2,1-3H3,(H2,11,13). The van der Waals surface area contributed by atoms with Gasteiger partial charge in [-0.15, -0.1) is 5.10 Å². The third kappa shape index (κ3) is 3.22. The maximum Gasteiger partial charge on any atom is 0.244 e. The number of nitrogen functional groups attached to an aromatic ring is 1. The molecule has 0 bridgehead atoms. The van der Waals surface area contributed by atoms with E-state index in [-0.39, 0.29) is 24.4 Å². The predicted octanol–water partition coefficient (Wildman–Crippen LogP) is 0.507. The molecule has 0 radical (unpaired) electrons. The molecular weight excluding hydrogens is 206 g/mol. The number of carbonyl (C=O) groups is 1. The van der Waals surface area contributed by atoms with Crippen LogP contribution in [0.5, 0.6) is 0 Å². The minimum Gasteiger partial charge on any atom is -0.367 e. The summed E-state index contributed by atoms with van der Waals surface area (Å²) in [5, 5.41) is 3.89. The molecular formula is C10H19N5O. The van der Waals surface area contributed by atoms with Gasteiger partial charge in [0.25, 0.3) is 0 Å². The second-order valence-corrected chi connectivity index (χ2v) is 3.98. The number of amides is 1. The van der Waals surface area contributed by atoms with Crippen molar-refractivity contribution in [2.24, 2.45) is 0 Å². The maximum atomic E-state index is 11.9. The third-order valence-electron chi connectivity index (χ3n) is 2.26. The molecule has 2 N–H and O–H groups in total. The van der Waals surface area contributed by atoms with Gasteiger partial charge in [0.2, 0.25) is 11.9 Å². The van der Waals surface area contributed by atoms with Crippen molar-refractivity contribution in [3.63, 3.8) is 0 Å². The van der Waals surface area contributed by atoms with Crippen LogP contribution in [0.3, 0.4) is 0 Å². The van der Waals surface area contributed by atoms with Crippen molar-refractivity contribution in [3.05, 3.63) is 6.33 Å². The molecule has 0 unspecified atom stereocenters. The van der Waals surface area contributed by atoms with Crippen LogP contribution in [-0.2, 0) is 11.3 Å². The average molecular weight is 225 g/mol. The summed E-state index contributed by atoms with van der Waals surface area (Å²) in [7, 11) is 0. The number of nitrogens with zero attached hydrogens (tertiary/aromatic N) is 4. The van der Waals surface area contributed by atoms with Crippen LogP contribution < -0.4 is 5.73 Å². The van der Waals surface area contributed by atoms with Gasteiger partial charge in [-0.3, -0.25) is 4.79 Å². The van der Waals surface area contributed by atoms with Gasteiger partial charge < -0.3 is 10.6 Å². The van der Waals surface area contributed by atoms with Gasteiger partial charge in [0.15, 0.2) is 0 Å². The molecule has 6 heteroatoms. The second-order valence-electron chi connectivity index (χ2n) is 3.98. The first-order valence-corrected chi connectivity index (χ1v) is 5.49. The predicted molar refractivity (Wildman–Crippen MR) is 61.6 cm³/mol. The second kappa shape index (κ2) is 5.48. The van der Waals surface area contributed by atoms with Crippen LogP contribution >= 0.6 is 0 Å². The molecule has 0 aliphatic rings. The molecule has 0 spiro atoms. The van der Waals surface area contributed by atoms with E-state index in [0.717, 1.165) is 13.0 Å². The van der Waals surface area contributed by atoms with Crippen molar-refractivity contribution in [1.29, 1.82) is 0 Å². The van der Waals surface area contributed by atoms with Gasteiger partial charge in [-0.2, -0.15) is 0 Å². The van der Waals surface area contributed by atoms with E-state index >= 15 is 0 Å². The minimum absolute atomic E-state index is 0.0433. The van der Waals surface area contributed by atoms with Gasteiger partial charge in [-0.25, -0.2) is 9.67 Å². The van der Waals surface area contributed by atoms with Crippen molar-refractivity contribution in [3.8, 4) is 0 Å². The molecule has 0 aromatic carbocycles. The highest BCUT2D eigenvalue weighted by molar-refractivity contribution is 5.76. The highest BCUT2D eigenvalue weighted by Gasteiger charge is 2.16. The molecule has 0 saturated heterocycles. The van der Waals surface area contributed by atoms with E-state index in [4.69, 9.17) is 5.73 Å². The molecule has 1 amide bonds. The van der Waals surface area contributed by atoms with Crippen LogP contribution in [0.25, 0.3) is 0 Å². The van der Waals surface area contributed by atoms with Crippen molar-refractivity contribution >= 4 is 11.9 Å². The van der Waals surface area contributed by atoms with Crippen molar-refractivity contribution < 1.29 is 4.79 Å². The van der Waals surface area contributed by atoms with Crippen LogP contribution in [0.2, 0.25) is 0 Å². The average Bonchev–Trinajstić information content (AvgIpc) is 2.59. The van der Waals surface area contributed by atoms with Gasteiger partial charge in [-0.05, 0) is 20.3 Å². The van der Waals surface area contributed by atoms with Crippen LogP contribution in [0.15, 0.2) is 6.33 Å². The molecule has 1 aromatic heterocycles. The zero-order chi connectivity index (χ0) is 12.1. The summed E-state index contributed by atoms with van der Waals surface area (Å²) in [4.78, 5) is 17.6. The molecule has 1 aromatic rings. The largest absolute Gasteiger partial charge is 0.367 e. The number of anilines is 1. The summed E-state index contributed by atoms with van der Waals surface area (Å²) in [5.41, 5.74) is 5.38. The molecule has 1 rings (SSSR count). The highest BCUT2D eigenvalue weighted by Crippen LogP contribution is 2.02. The lowest BCUT2D eigenvalue weighted by atomic mass is 10.3. The number of rotatable bonds is 5. The SMILES string of the molecule is CCCN(C(=O)Cn1cnc(N)n1)C(C)C. The Bertz CT molecular complexity index is 347. The van der Waals surface area contributed by atoms with E-state index in [2.05, 4.69) is 17.0 Å². The monoisotopic (exact) mass is 225 g/mol. The Kier molecular flexibility index (Phi) is 4.28. The molecule has 0 aliphatic heterocycles. The van der Waals surface area contributed by atoms with E-state index in [1.165, 1.54) is 11.0 Å². The lowest BCUT2D eigenvalue weighted by Crippen LogP contribution is -2.39. The number of nitrogens with two attached hydrogens (primary N) is 1. The summed E-state index contributed by atoms with van der Waals surface area (Å²) in [6.07, 6.45) is 2.42. The van der Waals surface area contributed by atoms with Gasteiger partial charge in [0.1, 0.15) is 12.9 Å². The Labute approximate surface area is 95.4 Å². The van der Waals surface area contributed by atoms with Crippen molar-refractivity contribution in [2.75, 3.05) is 12.3 Å². The van der Waals surface area contributed by atoms with Gasteiger partial charge in [0.05, 0.1) is 0 Å². The zero-order valence-electron chi connectivity index (χ0n) is 10.1. The smallest absolute Gasteiger partial charge is 0.244 e. The fourth-order valence-electron chi connectivity index (χ4n) is 1.53. The Morgan fingerprint density at radius 3 is 2.75 bits per heavy atom. The Morgan fingerprint density at radius 1 is 1.62 bits per heavy atom. The first-order valence-electron chi connectivity index (χ1n) is 5.49. The van der Waals surface area contributed by atoms with Crippen molar-refractivity contribution in [2.45, 2.75) is 39.8 Å². The number of hydrogen-bond acceptors (Lipinski definition) is 4. The molecule has 16 heavy (non-hydrogen) atoms. The van der Waals surface area contributed by atoms with Gasteiger partial charge in [0, 0.05) is 12.6 Å². The van der Waals surface area contributed by atoms with E-state index in [1.54, 1.807) is 0 Å². The summed E-state index contributed by atoms with van der Waals surface area (Å²) in [5.74, 6) is 0.237. The first kappa shape index (κ1) is 12.5. The molecule has 0 saturated carbocycles. The molecule has 0 aliphatic carbocycles. The third-order valence-corrected chi connectivity index (χ3v) is 2.26. The normalized spacial score (nSPS) is 10.8. The minimum atomic E-state index is 0.0433. The zero-order valence-corrected chi connectivity index (χ0v) is 10.1. The van der Waals surface area contributed by atoms with E-state index < -0.39 is 0 Å². The van der Waals surface area contributed by atoms with Gasteiger partial charge >= 0.3 is 0 Å². The molecule has 0 fully saturated rings. The van der Waals surface area contributed by atoms with E-state index in [9.17, 15) is 4.79 Å². The molecule has 0 atom stereocenters. The number of aromatic nitrogens is 3. The summed E-state index contributed by atoms with van der Waals surface area (Å²) < 4.78 is 1.46. The summed E-state index contributed by atoms with van der Waals surface area (Å²) in [6, 6.07) is 0.202. The quantitative estimate of drug-likeness (QED) is 0.792. The Balaban J connectivity index is 2.61. The summed E-state index contributed by atoms with van der Waals surface area (Å²) >= 11 is 0. The van der Waals surface area contributed by atoms with Crippen LogP contribution in [0.4, 0.5) is 5.95 Å². The molecule has 1 heterocycles. The Morgan fingerprint density at radius 2 is 2.31 bits per heavy atom. The van der Waals surface area contributed by atoms with Crippen LogP contribution in [0, 0.1) is 0 Å². The molecule has 6 nitrogen and oxygen atoms in total. The maximum absolute atomic E-state index is 11.9. The Hall–Kier alpha value is -1.59. The molecule has 90 valence electrons. The van der Waals surface area contributed by atoms with E-state index in [0.29, 0.717) is 0 Å². The topological polar surface area (TPSA) is 77.0 Å². The lowest BCUT2D eigenvalue weighted by Gasteiger charge is -2.26. The fraction of sp³-hybridized carbons (Fsp3) is 0.700. The lowest BCUT2D eigenvalue weighted by molar-refractivity contribution is -0.133. The summed E-state index contributed by atoms with van der Waals surface area (Å²) in [6.45, 7) is 7.02. The number of carbonyl (C=O) groups excluding carboxylic acids is 1. The first-order chi connectivity index (χ1) is 7.54. The highest BCUT2D eigenvalue weighted by atomic mass is 16.2. The fourth-order valence-corrected chi connectivity index (χ4v) is 1.53. The van der Waals surface area contributed by atoms with E-state index in [1.807, 2.05) is 18.7 Å². The number of hydrogen-bond donors (Lipinski definition) is 1.